The Kier molecular flexibility index (Phi) is 3.24. The Hall–Kier alpha value is -2.02. The third-order valence-electron chi connectivity index (χ3n) is 2.89. The van der Waals surface area contributed by atoms with Gasteiger partial charge in [-0.25, -0.2) is 9.18 Å². The van der Waals surface area contributed by atoms with Crippen LogP contribution in [0.2, 0.25) is 0 Å². The maximum absolute atomic E-state index is 13.6. The van der Waals surface area contributed by atoms with E-state index in [0.717, 1.165) is 18.2 Å². The summed E-state index contributed by atoms with van der Waals surface area (Å²) in [6.45, 7) is -0.0883. The van der Waals surface area contributed by atoms with Gasteiger partial charge in [-0.15, -0.1) is 0 Å². The number of carboxylic acids is 1. The number of benzene rings is 1. The largest absolute Gasteiger partial charge is 0.478 e. The van der Waals surface area contributed by atoms with E-state index in [4.69, 9.17) is 9.84 Å². The number of carboxylic acid groups (broad SMARTS) is 1. The molecule has 0 radical (unpaired) electrons. The number of carbonyl (C=O) groups is 1. The first kappa shape index (κ1) is 12.4. The second-order valence-corrected chi connectivity index (χ2v) is 3.99. The minimum atomic E-state index is -1.34. The lowest BCUT2D eigenvalue weighted by Gasteiger charge is -2.13. The Morgan fingerprint density at radius 3 is 2.72 bits per heavy atom. The molecule has 0 spiro atoms. The zero-order valence-electron chi connectivity index (χ0n) is 9.21. The van der Waals surface area contributed by atoms with Crippen molar-refractivity contribution in [1.29, 1.82) is 0 Å². The van der Waals surface area contributed by atoms with Gasteiger partial charge < -0.3 is 9.84 Å². The van der Waals surface area contributed by atoms with E-state index in [9.17, 15) is 19.3 Å². The molecule has 0 unspecified atom stereocenters. The molecule has 0 amide bonds. The summed E-state index contributed by atoms with van der Waals surface area (Å²) in [5, 5.41) is 19.7. The highest BCUT2D eigenvalue weighted by Gasteiger charge is 2.33. The minimum Gasteiger partial charge on any atom is -0.478 e. The van der Waals surface area contributed by atoms with E-state index in [2.05, 4.69) is 0 Å². The molecule has 0 aromatic heterocycles. The van der Waals surface area contributed by atoms with Crippen LogP contribution in [0.5, 0.6) is 0 Å². The summed E-state index contributed by atoms with van der Waals surface area (Å²) in [6, 6.07) is 3.33. The number of rotatable bonds is 3. The number of aromatic carboxylic acids is 1. The first-order chi connectivity index (χ1) is 8.50. The number of non-ortho nitro benzene ring substituents is 1. The monoisotopic (exact) mass is 255 g/mol. The van der Waals surface area contributed by atoms with Gasteiger partial charge in [-0.3, -0.25) is 10.1 Å². The molecule has 0 aliphatic carbocycles. The van der Waals surface area contributed by atoms with Crippen molar-refractivity contribution >= 4 is 11.7 Å². The van der Waals surface area contributed by atoms with Crippen molar-refractivity contribution in [3.63, 3.8) is 0 Å². The lowest BCUT2D eigenvalue weighted by molar-refractivity contribution is -0.384. The second-order valence-electron chi connectivity index (χ2n) is 3.99. The van der Waals surface area contributed by atoms with Gasteiger partial charge in [-0.05, 0) is 11.6 Å². The van der Waals surface area contributed by atoms with Crippen molar-refractivity contribution in [3.8, 4) is 0 Å². The van der Waals surface area contributed by atoms with Gasteiger partial charge in [0, 0.05) is 18.1 Å². The smallest absolute Gasteiger partial charge is 0.335 e. The van der Waals surface area contributed by atoms with Gasteiger partial charge in [-0.1, -0.05) is 0 Å². The molecule has 1 aromatic rings. The molecule has 96 valence electrons. The number of hydrogen-bond acceptors (Lipinski definition) is 4. The summed E-state index contributed by atoms with van der Waals surface area (Å²) in [6.07, 6.45) is -1.34. The molecule has 0 bridgehead atoms. The summed E-state index contributed by atoms with van der Waals surface area (Å²) in [4.78, 5) is 21.1. The minimum absolute atomic E-state index is 0.0304. The average Bonchev–Trinajstić information content (AvgIpc) is 2.74. The zero-order valence-corrected chi connectivity index (χ0v) is 9.21. The Morgan fingerprint density at radius 1 is 1.50 bits per heavy atom. The number of halogens is 1. The van der Waals surface area contributed by atoms with Crippen molar-refractivity contribution in [2.24, 2.45) is 0 Å². The molecule has 1 aliphatic rings. The first-order valence-electron chi connectivity index (χ1n) is 5.24. The van der Waals surface area contributed by atoms with Crippen LogP contribution in [0.1, 0.15) is 21.8 Å². The summed E-state index contributed by atoms with van der Waals surface area (Å²) in [5.41, 5.74) is -0.269. The lowest BCUT2D eigenvalue weighted by Crippen LogP contribution is -2.15. The maximum atomic E-state index is 13.6. The molecule has 18 heavy (non-hydrogen) atoms. The van der Waals surface area contributed by atoms with Crippen LogP contribution in [-0.4, -0.2) is 35.4 Å². The Morgan fingerprint density at radius 2 is 2.22 bits per heavy atom. The third kappa shape index (κ3) is 2.17. The molecular weight excluding hydrogens is 245 g/mol. The first-order valence-corrected chi connectivity index (χ1v) is 5.24. The van der Waals surface area contributed by atoms with Gasteiger partial charge in [0.05, 0.1) is 23.7 Å². The van der Waals surface area contributed by atoms with E-state index in [1.54, 1.807) is 0 Å². The standard InChI is InChI=1S/C11H10FNO5/c12-10-5-18-4-9(10)8-3-6(13(16)17)1-2-7(8)11(14)15/h1-3,9-10H,4-5H2,(H,14,15)/t9-,10-/m0/s1. The molecule has 1 aromatic carbocycles. The maximum Gasteiger partial charge on any atom is 0.335 e. The van der Waals surface area contributed by atoms with Gasteiger partial charge in [0.1, 0.15) is 6.17 Å². The highest BCUT2D eigenvalue weighted by Crippen LogP contribution is 2.32. The van der Waals surface area contributed by atoms with Crippen molar-refractivity contribution in [2.45, 2.75) is 12.1 Å². The molecule has 1 saturated heterocycles. The number of alkyl halides is 1. The summed E-state index contributed by atoms with van der Waals surface area (Å²) in [7, 11) is 0. The van der Waals surface area contributed by atoms with Crippen LogP contribution in [0, 0.1) is 10.1 Å². The predicted molar refractivity (Wildman–Crippen MR) is 58.5 cm³/mol. The summed E-state index contributed by atoms with van der Waals surface area (Å²) in [5.74, 6) is -2.00. The highest BCUT2D eigenvalue weighted by atomic mass is 19.1. The van der Waals surface area contributed by atoms with Crippen molar-refractivity contribution < 1.29 is 24.0 Å². The Bertz CT molecular complexity index is 504. The molecular formula is C11H10FNO5. The van der Waals surface area contributed by atoms with Crippen LogP contribution in [0.3, 0.4) is 0 Å². The van der Waals surface area contributed by atoms with Crippen molar-refractivity contribution in [3.05, 3.63) is 39.4 Å². The van der Waals surface area contributed by atoms with Crippen molar-refractivity contribution in [1.82, 2.24) is 0 Å². The van der Waals surface area contributed by atoms with Gasteiger partial charge in [0.15, 0.2) is 0 Å². The van der Waals surface area contributed by atoms with E-state index in [1.165, 1.54) is 0 Å². The van der Waals surface area contributed by atoms with Gasteiger partial charge in [-0.2, -0.15) is 0 Å². The zero-order chi connectivity index (χ0) is 13.3. The number of nitro benzene ring substituents is 1. The molecule has 0 saturated carbocycles. The second kappa shape index (κ2) is 4.69. The van der Waals surface area contributed by atoms with Crippen LogP contribution < -0.4 is 0 Å². The topological polar surface area (TPSA) is 89.7 Å². The fourth-order valence-corrected chi connectivity index (χ4v) is 1.98. The van der Waals surface area contributed by atoms with Crippen molar-refractivity contribution in [2.75, 3.05) is 13.2 Å². The molecule has 6 nitrogen and oxygen atoms in total. The summed E-state index contributed by atoms with van der Waals surface area (Å²) >= 11 is 0. The van der Waals surface area contributed by atoms with Crippen LogP contribution in [0.15, 0.2) is 18.2 Å². The lowest BCUT2D eigenvalue weighted by atomic mass is 9.92. The van der Waals surface area contributed by atoms with E-state index >= 15 is 0 Å². The molecule has 1 aliphatic heterocycles. The quantitative estimate of drug-likeness (QED) is 0.656. The van der Waals surface area contributed by atoms with Crippen LogP contribution in [0.4, 0.5) is 10.1 Å². The van der Waals surface area contributed by atoms with E-state index in [-0.39, 0.29) is 30.0 Å². The predicted octanol–water partition coefficient (Wildman–Crippen LogP) is 1.74. The number of hydrogen-bond donors (Lipinski definition) is 1. The number of ether oxygens (including phenoxy) is 1. The normalized spacial score (nSPS) is 22.9. The summed E-state index contributed by atoms with van der Waals surface area (Å²) < 4.78 is 18.5. The van der Waals surface area contributed by atoms with Gasteiger partial charge >= 0.3 is 5.97 Å². The number of nitro groups is 1. The van der Waals surface area contributed by atoms with Crippen LogP contribution in [0.25, 0.3) is 0 Å². The Balaban J connectivity index is 2.50. The van der Waals surface area contributed by atoms with Gasteiger partial charge in [0.2, 0.25) is 0 Å². The molecule has 1 fully saturated rings. The third-order valence-corrected chi connectivity index (χ3v) is 2.89. The molecule has 2 rings (SSSR count). The fraction of sp³-hybridized carbons (Fsp3) is 0.364. The SMILES string of the molecule is O=C(O)c1ccc([N+](=O)[O-])cc1[C@@H]1COC[C@@H]1F. The van der Waals surface area contributed by atoms with Crippen LogP contribution >= 0.6 is 0 Å². The molecule has 2 atom stereocenters. The number of nitrogens with zero attached hydrogens (tertiary/aromatic N) is 1. The Labute approximate surface area is 101 Å². The molecule has 1 N–H and O–H groups in total. The fourth-order valence-electron chi connectivity index (χ4n) is 1.98. The van der Waals surface area contributed by atoms with E-state index < -0.39 is 23.0 Å². The average molecular weight is 255 g/mol. The molecule has 1 heterocycles. The highest BCUT2D eigenvalue weighted by molar-refractivity contribution is 5.90. The van der Waals surface area contributed by atoms with E-state index in [1.807, 2.05) is 0 Å². The molecule has 7 heteroatoms. The van der Waals surface area contributed by atoms with Gasteiger partial charge in [0.25, 0.3) is 5.69 Å². The van der Waals surface area contributed by atoms with Crippen LogP contribution in [-0.2, 0) is 4.74 Å². The van der Waals surface area contributed by atoms with E-state index in [0.29, 0.717) is 0 Å².